The number of aromatic nitrogens is 2. The summed E-state index contributed by atoms with van der Waals surface area (Å²) in [5, 5.41) is 1.02. The second-order valence-corrected chi connectivity index (χ2v) is 5.93. The van der Waals surface area contributed by atoms with Crippen molar-refractivity contribution in [2.45, 2.75) is 26.9 Å². The first-order valence-electron chi connectivity index (χ1n) is 5.38. The van der Waals surface area contributed by atoms with E-state index in [4.69, 9.17) is 5.73 Å². The zero-order chi connectivity index (χ0) is 12.4. The topological polar surface area (TPSA) is 55.0 Å². The van der Waals surface area contributed by atoms with Gasteiger partial charge in [0, 0.05) is 23.3 Å². The van der Waals surface area contributed by atoms with Crippen LogP contribution in [-0.2, 0) is 13.1 Å². The molecule has 0 fully saturated rings. The maximum atomic E-state index is 5.67. The highest BCUT2D eigenvalue weighted by Crippen LogP contribution is 2.26. The van der Waals surface area contributed by atoms with Crippen LogP contribution in [0.1, 0.15) is 21.1 Å². The van der Waals surface area contributed by atoms with Crippen molar-refractivity contribution in [2.75, 3.05) is 11.9 Å². The molecule has 92 valence electrons. The van der Waals surface area contributed by atoms with Crippen molar-refractivity contribution < 1.29 is 0 Å². The molecule has 0 aliphatic rings. The van der Waals surface area contributed by atoms with Crippen molar-refractivity contribution in [2.24, 2.45) is 5.73 Å². The molecular weight excluding hydrogens is 252 g/mol. The molecule has 0 bridgehead atoms. The Balaban J connectivity index is 2.14. The van der Waals surface area contributed by atoms with E-state index in [2.05, 4.69) is 21.9 Å². The molecule has 2 aromatic rings. The molecule has 6 heteroatoms. The lowest BCUT2D eigenvalue weighted by atomic mass is 10.4. The van der Waals surface area contributed by atoms with Crippen LogP contribution in [0.25, 0.3) is 0 Å². The summed E-state index contributed by atoms with van der Waals surface area (Å²) in [6.07, 6.45) is 0. The van der Waals surface area contributed by atoms with Crippen molar-refractivity contribution >= 4 is 27.8 Å². The average molecular weight is 268 g/mol. The molecule has 0 amide bonds. The molecule has 2 heterocycles. The Hall–Kier alpha value is -0.980. The molecule has 0 aromatic carbocycles. The largest absolute Gasteiger partial charge is 0.346 e. The summed E-state index contributed by atoms with van der Waals surface area (Å²) >= 11 is 3.36. The van der Waals surface area contributed by atoms with E-state index in [0.717, 1.165) is 27.9 Å². The lowest BCUT2D eigenvalue weighted by Gasteiger charge is -2.14. The van der Waals surface area contributed by atoms with E-state index in [-0.39, 0.29) is 0 Å². The number of nitrogens with zero attached hydrogens (tertiary/aromatic N) is 3. The molecule has 4 nitrogen and oxygen atoms in total. The SMILES string of the molecule is Cc1ncsc1CN(C)c1nc(C)c(CN)s1. The van der Waals surface area contributed by atoms with Crippen LogP contribution in [0.4, 0.5) is 5.13 Å². The van der Waals surface area contributed by atoms with Crippen LogP contribution in [-0.4, -0.2) is 17.0 Å². The highest BCUT2D eigenvalue weighted by molar-refractivity contribution is 7.15. The summed E-state index contributed by atoms with van der Waals surface area (Å²) in [6.45, 7) is 5.47. The minimum absolute atomic E-state index is 0.566. The van der Waals surface area contributed by atoms with Gasteiger partial charge in [0.05, 0.1) is 23.4 Å². The van der Waals surface area contributed by atoms with Crippen LogP contribution in [0.15, 0.2) is 5.51 Å². The fraction of sp³-hybridized carbons (Fsp3) is 0.455. The zero-order valence-corrected chi connectivity index (χ0v) is 11.9. The van der Waals surface area contributed by atoms with Crippen molar-refractivity contribution in [3.05, 3.63) is 26.7 Å². The molecule has 17 heavy (non-hydrogen) atoms. The Morgan fingerprint density at radius 2 is 2.06 bits per heavy atom. The molecule has 0 saturated heterocycles. The maximum absolute atomic E-state index is 5.67. The second-order valence-electron chi connectivity index (χ2n) is 3.93. The molecule has 0 unspecified atom stereocenters. The molecule has 0 atom stereocenters. The van der Waals surface area contributed by atoms with Crippen LogP contribution in [0.3, 0.4) is 0 Å². The Morgan fingerprint density at radius 1 is 1.29 bits per heavy atom. The highest BCUT2D eigenvalue weighted by atomic mass is 32.1. The second kappa shape index (κ2) is 5.12. The Bertz CT molecular complexity index is 503. The smallest absolute Gasteiger partial charge is 0.185 e. The first-order valence-corrected chi connectivity index (χ1v) is 7.08. The average Bonchev–Trinajstić information content (AvgIpc) is 2.86. The maximum Gasteiger partial charge on any atom is 0.185 e. The molecule has 0 saturated carbocycles. The standard InChI is InChI=1S/C11H16N4S2/c1-7-10(16-6-13-7)5-15(3)11-14-8(2)9(4-12)17-11/h6H,4-5,12H2,1-3H3. The molecular formula is C11H16N4S2. The number of aryl methyl sites for hydroxylation is 2. The molecule has 2 rings (SSSR count). The third-order valence-electron chi connectivity index (χ3n) is 2.62. The molecule has 0 radical (unpaired) electrons. The predicted octanol–water partition coefficient (Wildman–Crippen LogP) is 2.31. The third kappa shape index (κ3) is 2.65. The van der Waals surface area contributed by atoms with Gasteiger partial charge in [0.25, 0.3) is 0 Å². The van der Waals surface area contributed by atoms with Crippen LogP contribution in [0, 0.1) is 13.8 Å². The molecule has 2 N–H and O–H groups in total. The van der Waals surface area contributed by atoms with E-state index >= 15 is 0 Å². The molecule has 0 aliphatic carbocycles. The predicted molar refractivity (Wildman–Crippen MR) is 73.7 cm³/mol. The molecule has 0 spiro atoms. The summed E-state index contributed by atoms with van der Waals surface area (Å²) in [5.74, 6) is 0. The van der Waals surface area contributed by atoms with Gasteiger partial charge in [-0.2, -0.15) is 0 Å². The van der Waals surface area contributed by atoms with Crippen molar-refractivity contribution in [3.63, 3.8) is 0 Å². The Kier molecular flexibility index (Phi) is 3.76. The number of rotatable bonds is 4. The van der Waals surface area contributed by atoms with Crippen molar-refractivity contribution in [1.29, 1.82) is 0 Å². The first-order chi connectivity index (χ1) is 8.11. The van der Waals surface area contributed by atoms with E-state index in [9.17, 15) is 0 Å². The van der Waals surface area contributed by atoms with Gasteiger partial charge in [0.2, 0.25) is 0 Å². The van der Waals surface area contributed by atoms with Crippen LogP contribution >= 0.6 is 22.7 Å². The van der Waals surface area contributed by atoms with Gasteiger partial charge in [-0.15, -0.1) is 22.7 Å². The van der Waals surface area contributed by atoms with Crippen molar-refractivity contribution in [1.82, 2.24) is 9.97 Å². The van der Waals surface area contributed by atoms with Gasteiger partial charge < -0.3 is 10.6 Å². The van der Waals surface area contributed by atoms with E-state index < -0.39 is 0 Å². The molecule has 0 aliphatic heterocycles. The van der Waals surface area contributed by atoms with Gasteiger partial charge in [-0.3, -0.25) is 0 Å². The van der Waals surface area contributed by atoms with Crippen LogP contribution < -0.4 is 10.6 Å². The lowest BCUT2D eigenvalue weighted by molar-refractivity contribution is 0.913. The van der Waals surface area contributed by atoms with Crippen LogP contribution in [0.2, 0.25) is 0 Å². The zero-order valence-electron chi connectivity index (χ0n) is 10.2. The van der Waals surface area contributed by atoms with E-state index in [1.165, 1.54) is 4.88 Å². The summed E-state index contributed by atoms with van der Waals surface area (Å²) < 4.78 is 0. The fourth-order valence-corrected chi connectivity index (χ4v) is 3.26. The van der Waals surface area contributed by atoms with E-state index in [1.807, 2.05) is 19.4 Å². The summed E-state index contributed by atoms with van der Waals surface area (Å²) in [6, 6.07) is 0. The van der Waals surface area contributed by atoms with Gasteiger partial charge in [-0.25, -0.2) is 9.97 Å². The minimum atomic E-state index is 0.566. The van der Waals surface area contributed by atoms with Gasteiger partial charge >= 0.3 is 0 Å². The highest BCUT2D eigenvalue weighted by Gasteiger charge is 2.12. The number of thiazole rings is 2. The lowest BCUT2D eigenvalue weighted by Crippen LogP contribution is -2.15. The van der Waals surface area contributed by atoms with Gasteiger partial charge in [0.15, 0.2) is 5.13 Å². The fourth-order valence-electron chi connectivity index (χ4n) is 1.53. The number of hydrogen-bond donors (Lipinski definition) is 1. The van der Waals surface area contributed by atoms with Crippen LogP contribution in [0.5, 0.6) is 0 Å². The number of hydrogen-bond acceptors (Lipinski definition) is 6. The van der Waals surface area contributed by atoms with Gasteiger partial charge in [0.1, 0.15) is 0 Å². The summed E-state index contributed by atoms with van der Waals surface area (Å²) in [7, 11) is 2.05. The third-order valence-corrected chi connectivity index (χ3v) is 4.83. The molecule has 2 aromatic heterocycles. The Morgan fingerprint density at radius 3 is 2.59 bits per heavy atom. The summed E-state index contributed by atoms with van der Waals surface area (Å²) in [4.78, 5) is 13.4. The monoisotopic (exact) mass is 268 g/mol. The number of nitrogens with two attached hydrogens (primary N) is 1. The van der Waals surface area contributed by atoms with Gasteiger partial charge in [-0.1, -0.05) is 0 Å². The van der Waals surface area contributed by atoms with E-state index in [1.54, 1.807) is 22.7 Å². The van der Waals surface area contributed by atoms with Crippen molar-refractivity contribution in [3.8, 4) is 0 Å². The quantitative estimate of drug-likeness (QED) is 0.924. The van der Waals surface area contributed by atoms with E-state index in [0.29, 0.717) is 6.54 Å². The van der Waals surface area contributed by atoms with Gasteiger partial charge in [-0.05, 0) is 13.8 Å². The first kappa shape index (κ1) is 12.5. The summed E-state index contributed by atoms with van der Waals surface area (Å²) in [5.41, 5.74) is 9.70. The Labute approximate surface area is 109 Å². The number of anilines is 1. The minimum Gasteiger partial charge on any atom is -0.346 e. The normalized spacial score (nSPS) is 10.8.